The molecule has 1 saturated heterocycles. The Labute approximate surface area is 117 Å². The highest BCUT2D eigenvalue weighted by molar-refractivity contribution is 5.93. The maximum Gasteiger partial charge on any atom is 0.228 e. The van der Waals surface area contributed by atoms with Gasteiger partial charge in [0.25, 0.3) is 0 Å². The number of hydrogen-bond acceptors (Lipinski definition) is 4. The van der Waals surface area contributed by atoms with E-state index in [0.29, 0.717) is 0 Å². The van der Waals surface area contributed by atoms with Crippen molar-refractivity contribution in [2.75, 3.05) is 18.4 Å². The van der Waals surface area contributed by atoms with E-state index in [1.54, 1.807) is 6.33 Å². The van der Waals surface area contributed by atoms with Gasteiger partial charge in [0.05, 0.1) is 5.92 Å². The lowest BCUT2D eigenvalue weighted by Gasteiger charge is -2.10. The Kier molecular flexibility index (Phi) is 3.47. The highest BCUT2D eigenvalue weighted by atomic mass is 16.1. The van der Waals surface area contributed by atoms with Crippen molar-refractivity contribution in [3.63, 3.8) is 0 Å². The molecule has 1 amide bonds. The predicted molar refractivity (Wildman–Crippen MR) is 76.0 cm³/mol. The van der Waals surface area contributed by atoms with Gasteiger partial charge in [-0.3, -0.25) is 4.79 Å². The zero-order chi connectivity index (χ0) is 13.9. The van der Waals surface area contributed by atoms with Gasteiger partial charge in [-0.2, -0.15) is 0 Å². The van der Waals surface area contributed by atoms with Gasteiger partial charge in [-0.05, 0) is 37.2 Å². The molecule has 3 rings (SSSR count). The normalized spacial score (nSPS) is 18.1. The van der Waals surface area contributed by atoms with Gasteiger partial charge in [-0.25, -0.2) is 0 Å². The molecule has 20 heavy (non-hydrogen) atoms. The Morgan fingerprint density at radius 2 is 2.20 bits per heavy atom. The number of amides is 1. The molecule has 1 aliphatic rings. The number of carbonyl (C=O) groups excluding carboxylic acids is 1. The van der Waals surface area contributed by atoms with Gasteiger partial charge in [0.1, 0.15) is 6.33 Å². The Morgan fingerprint density at radius 1 is 1.40 bits per heavy atom. The summed E-state index contributed by atoms with van der Waals surface area (Å²) in [6, 6.07) is 7.66. The summed E-state index contributed by atoms with van der Waals surface area (Å²) in [5.74, 6) is 0.970. The van der Waals surface area contributed by atoms with E-state index < -0.39 is 0 Å². The molecular formula is C14H17N5O. The lowest BCUT2D eigenvalue weighted by Crippen LogP contribution is -2.24. The molecule has 1 fully saturated rings. The topological polar surface area (TPSA) is 71.8 Å². The van der Waals surface area contributed by atoms with Crippen LogP contribution in [-0.2, 0) is 11.8 Å². The molecule has 0 saturated carbocycles. The summed E-state index contributed by atoms with van der Waals surface area (Å²) in [6.07, 6.45) is 2.57. The molecule has 1 aromatic carbocycles. The fraction of sp³-hybridized carbons (Fsp3) is 0.357. The molecule has 2 aromatic rings. The summed E-state index contributed by atoms with van der Waals surface area (Å²) in [5.41, 5.74) is 1.79. The first-order valence-corrected chi connectivity index (χ1v) is 6.70. The number of nitrogens with zero attached hydrogens (tertiary/aromatic N) is 3. The molecule has 2 heterocycles. The summed E-state index contributed by atoms with van der Waals surface area (Å²) in [7, 11) is 1.90. The van der Waals surface area contributed by atoms with Crippen LogP contribution in [0.5, 0.6) is 0 Å². The van der Waals surface area contributed by atoms with Crippen LogP contribution in [0.15, 0.2) is 30.6 Å². The molecule has 0 aliphatic carbocycles. The van der Waals surface area contributed by atoms with E-state index in [2.05, 4.69) is 20.8 Å². The van der Waals surface area contributed by atoms with Crippen LogP contribution in [-0.4, -0.2) is 33.8 Å². The van der Waals surface area contributed by atoms with Gasteiger partial charge >= 0.3 is 0 Å². The van der Waals surface area contributed by atoms with E-state index in [9.17, 15) is 4.79 Å². The van der Waals surface area contributed by atoms with Crippen molar-refractivity contribution in [3.8, 4) is 11.4 Å². The van der Waals surface area contributed by atoms with Crippen molar-refractivity contribution in [1.29, 1.82) is 0 Å². The summed E-state index contributed by atoms with van der Waals surface area (Å²) < 4.78 is 1.86. The van der Waals surface area contributed by atoms with Gasteiger partial charge in [-0.1, -0.05) is 0 Å². The zero-order valence-electron chi connectivity index (χ0n) is 11.3. The van der Waals surface area contributed by atoms with E-state index in [4.69, 9.17) is 0 Å². The minimum Gasteiger partial charge on any atom is -0.326 e. The highest BCUT2D eigenvalue weighted by Gasteiger charge is 2.22. The molecule has 1 aromatic heterocycles. The van der Waals surface area contributed by atoms with E-state index in [-0.39, 0.29) is 11.8 Å². The minimum absolute atomic E-state index is 0.0772. The molecule has 1 atom stereocenters. The number of anilines is 1. The largest absolute Gasteiger partial charge is 0.326 e. The molecule has 0 bridgehead atoms. The molecule has 6 heteroatoms. The lowest BCUT2D eigenvalue weighted by atomic mass is 10.1. The summed E-state index contributed by atoms with van der Waals surface area (Å²) >= 11 is 0. The Bertz CT molecular complexity index is 598. The fourth-order valence-corrected chi connectivity index (χ4v) is 2.37. The van der Waals surface area contributed by atoms with Gasteiger partial charge in [-0.15, -0.1) is 10.2 Å². The van der Waals surface area contributed by atoms with Crippen LogP contribution < -0.4 is 10.6 Å². The second-order valence-electron chi connectivity index (χ2n) is 5.02. The predicted octanol–water partition coefficient (Wildman–Crippen LogP) is 1.03. The number of benzene rings is 1. The fourth-order valence-electron chi connectivity index (χ4n) is 2.37. The van der Waals surface area contributed by atoms with E-state index in [1.165, 1.54) is 0 Å². The first-order chi connectivity index (χ1) is 9.74. The van der Waals surface area contributed by atoms with Crippen molar-refractivity contribution in [1.82, 2.24) is 20.1 Å². The van der Waals surface area contributed by atoms with Crippen LogP contribution in [0.4, 0.5) is 5.69 Å². The van der Waals surface area contributed by atoms with Crippen LogP contribution in [0.1, 0.15) is 6.42 Å². The minimum atomic E-state index is 0.0772. The molecule has 104 valence electrons. The van der Waals surface area contributed by atoms with Crippen molar-refractivity contribution in [3.05, 3.63) is 30.6 Å². The molecule has 1 aliphatic heterocycles. The average molecular weight is 271 g/mol. The highest BCUT2D eigenvalue weighted by Crippen LogP contribution is 2.19. The number of aromatic nitrogens is 3. The zero-order valence-corrected chi connectivity index (χ0v) is 11.3. The monoisotopic (exact) mass is 271 g/mol. The Balaban J connectivity index is 1.70. The first-order valence-electron chi connectivity index (χ1n) is 6.70. The second kappa shape index (κ2) is 5.42. The Morgan fingerprint density at radius 3 is 2.80 bits per heavy atom. The van der Waals surface area contributed by atoms with Gasteiger partial charge < -0.3 is 15.2 Å². The Hall–Kier alpha value is -2.21. The van der Waals surface area contributed by atoms with Crippen molar-refractivity contribution < 1.29 is 4.79 Å². The van der Waals surface area contributed by atoms with E-state index in [1.807, 2.05) is 35.9 Å². The maximum atomic E-state index is 12.0. The van der Waals surface area contributed by atoms with Gasteiger partial charge in [0.15, 0.2) is 5.82 Å². The molecular weight excluding hydrogens is 254 g/mol. The van der Waals surface area contributed by atoms with Crippen molar-refractivity contribution in [2.24, 2.45) is 13.0 Å². The number of rotatable bonds is 3. The van der Waals surface area contributed by atoms with Crippen molar-refractivity contribution >= 4 is 11.6 Å². The van der Waals surface area contributed by atoms with Gasteiger partial charge in [0.2, 0.25) is 5.91 Å². The lowest BCUT2D eigenvalue weighted by molar-refractivity contribution is -0.119. The third-order valence-corrected chi connectivity index (χ3v) is 3.55. The van der Waals surface area contributed by atoms with Crippen LogP contribution in [0.2, 0.25) is 0 Å². The smallest absolute Gasteiger partial charge is 0.228 e. The SMILES string of the molecule is Cn1cnnc1-c1ccc(NC(=O)C2CCNC2)cc1. The molecule has 1 unspecified atom stereocenters. The van der Waals surface area contributed by atoms with Crippen LogP contribution >= 0.6 is 0 Å². The average Bonchev–Trinajstić information content (AvgIpc) is 3.11. The van der Waals surface area contributed by atoms with Gasteiger partial charge in [0, 0.05) is 24.8 Å². The summed E-state index contributed by atoms with van der Waals surface area (Å²) in [4.78, 5) is 12.0. The number of hydrogen-bond donors (Lipinski definition) is 2. The van der Waals surface area contributed by atoms with Crippen LogP contribution in [0.3, 0.4) is 0 Å². The number of carbonyl (C=O) groups is 1. The van der Waals surface area contributed by atoms with E-state index >= 15 is 0 Å². The first kappa shape index (κ1) is 12.8. The molecule has 2 N–H and O–H groups in total. The number of nitrogens with one attached hydrogen (secondary N) is 2. The van der Waals surface area contributed by atoms with Crippen LogP contribution in [0, 0.1) is 5.92 Å². The third kappa shape index (κ3) is 2.55. The second-order valence-corrected chi connectivity index (χ2v) is 5.02. The van der Waals surface area contributed by atoms with Crippen LogP contribution in [0.25, 0.3) is 11.4 Å². The number of aryl methyl sites for hydroxylation is 1. The molecule has 0 radical (unpaired) electrons. The maximum absolute atomic E-state index is 12.0. The summed E-state index contributed by atoms with van der Waals surface area (Å²) in [6.45, 7) is 1.69. The quantitative estimate of drug-likeness (QED) is 0.874. The van der Waals surface area contributed by atoms with Crippen molar-refractivity contribution in [2.45, 2.75) is 6.42 Å². The van der Waals surface area contributed by atoms with E-state index in [0.717, 1.165) is 36.6 Å². The standard InChI is InChI=1S/C14H17N5O/c1-19-9-16-18-13(19)10-2-4-12(5-3-10)17-14(20)11-6-7-15-8-11/h2-5,9,11,15H,6-8H2,1H3,(H,17,20). The summed E-state index contributed by atoms with van der Waals surface area (Å²) in [5, 5.41) is 14.1. The third-order valence-electron chi connectivity index (χ3n) is 3.55. The molecule has 0 spiro atoms. The molecule has 6 nitrogen and oxygen atoms in total.